The topological polar surface area (TPSA) is 105 Å². The highest BCUT2D eigenvalue weighted by atomic mass is 35.5. The zero-order chi connectivity index (χ0) is 14.7. The predicted molar refractivity (Wildman–Crippen MR) is 73.1 cm³/mol. The first kappa shape index (κ1) is 14.0. The molecule has 0 spiro atoms. The van der Waals surface area contributed by atoms with E-state index in [0.29, 0.717) is 11.3 Å². The number of hydrogen-bond acceptors (Lipinski definition) is 6. The number of halogens is 2. The van der Waals surface area contributed by atoms with Gasteiger partial charge in [-0.3, -0.25) is 10.1 Å². The molecule has 0 saturated heterocycles. The molecule has 2 aromatic rings. The molecule has 0 bridgehead atoms. The van der Waals surface area contributed by atoms with E-state index in [1.54, 1.807) is 0 Å². The number of aromatic nitrogens is 2. The summed E-state index contributed by atoms with van der Waals surface area (Å²) in [6, 6.07) is 6.39. The van der Waals surface area contributed by atoms with Crippen molar-refractivity contribution in [2.75, 3.05) is 5.32 Å². The minimum atomic E-state index is -0.643. The van der Waals surface area contributed by atoms with Gasteiger partial charge in [-0.1, -0.05) is 11.6 Å². The predicted octanol–water partition coefficient (Wildman–Crippen LogP) is 3.31. The Balaban J connectivity index is 2.42. The van der Waals surface area contributed by atoms with Gasteiger partial charge in [0.05, 0.1) is 27.3 Å². The first-order valence-corrected chi connectivity index (χ1v) is 5.90. The van der Waals surface area contributed by atoms with Crippen LogP contribution in [0, 0.1) is 21.4 Å². The molecule has 1 aromatic heterocycles. The van der Waals surface area contributed by atoms with Crippen LogP contribution in [0.4, 0.5) is 17.2 Å². The second kappa shape index (κ2) is 5.69. The summed E-state index contributed by atoms with van der Waals surface area (Å²) in [7, 11) is 0. The number of nitro groups is 1. The van der Waals surface area contributed by atoms with E-state index < -0.39 is 4.92 Å². The highest BCUT2D eigenvalue weighted by Gasteiger charge is 2.18. The molecule has 0 amide bonds. The molecule has 1 heterocycles. The molecular formula is C11H5Cl2N5O2. The van der Waals surface area contributed by atoms with Gasteiger partial charge >= 0.3 is 5.69 Å². The fraction of sp³-hybridized carbons (Fsp3) is 0. The van der Waals surface area contributed by atoms with E-state index in [0.717, 1.165) is 6.20 Å². The molecule has 0 atom stereocenters. The van der Waals surface area contributed by atoms with Gasteiger partial charge in [-0.05, 0) is 29.8 Å². The van der Waals surface area contributed by atoms with Gasteiger partial charge < -0.3 is 5.32 Å². The molecule has 0 saturated carbocycles. The molecule has 20 heavy (non-hydrogen) atoms. The summed E-state index contributed by atoms with van der Waals surface area (Å²) in [5.74, 6) is -0.0818. The van der Waals surface area contributed by atoms with Crippen molar-refractivity contribution in [2.24, 2.45) is 0 Å². The monoisotopic (exact) mass is 309 g/mol. The Kier molecular flexibility index (Phi) is 3.98. The van der Waals surface area contributed by atoms with Crippen molar-refractivity contribution >= 4 is 40.4 Å². The van der Waals surface area contributed by atoms with Crippen molar-refractivity contribution in [3.8, 4) is 6.07 Å². The Morgan fingerprint density at radius 2 is 2.15 bits per heavy atom. The smallest absolute Gasteiger partial charge is 0.329 e. The lowest BCUT2D eigenvalue weighted by Gasteiger charge is -2.08. The lowest BCUT2D eigenvalue weighted by atomic mass is 10.2. The molecule has 0 radical (unpaired) electrons. The number of nitrogens with one attached hydrogen (secondary N) is 1. The zero-order valence-corrected chi connectivity index (χ0v) is 11.2. The molecule has 7 nitrogen and oxygen atoms in total. The minimum Gasteiger partial charge on any atom is -0.333 e. The van der Waals surface area contributed by atoms with Gasteiger partial charge in [0.2, 0.25) is 11.1 Å². The Morgan fingerprint density at radius 1 is 1.40 bits per heavy atom. The summed E-state index contributed by atoms with van der Waals surface area (Å²) in [4.78, 5) is 17.5. The molecule has 1 N–H and O–H groups in total. The maximum Gasteiger partial charge on any atom is 0.329 e. The normalized spacial score (nSPS) is 9.85. The fourth-order valence-electron chi connectivity index (χ4n) is 1.39. The summed E-state index contributed by atoms with van der Waals surface area (Å²) in [6.07, 6.45) is 0.995. The van der Waals surface area contributed by atoms with E-state index in [9.17, 15) is 10.1 Å². The van der Waals surface area contributed by atoms with Crippen molar-refractivity contribution in [1.82, 2.24) is 9.97 Å². The first-order valence-electron chi connectivity index (χ1n) is 5.15. The van der Waals surface area contributed by atoms with Crippen molar-refractivity contribution < 1.29 is 4.92 Å². The third-order valence-corrected chi connectivity index (χ3v) is 2.78. The standard InChI is InChI=1S/C11H5Cl2N5O2/c12-7-3-6(4-14)1-2-8(7)16-10-9(18(19)20)5-15-11(13)17-10/h1-3,5H,(H,15,16,17). The third-order valence-electron chi connectivity index (χ3n) is 2.29. The zero-order valence-electron chi connectivity index (χ0n) is 9.67. The van der Waals surface area contributed by atoms with E-state index >= 15 is 0 Å². The number of nitriles is 1. The van der Waals surface area contributed by atoms with Crippen molar-refractivity contribution in [2.45, 2.75) is 0 Å². The van der Waals surface area contributed by atoms with Crippen LogP contribution in [0.15, 0.2) is 24.4 Å². The number of hydrogen-bond donors (Lipinski definition) is 1. The number of nitrogens with zero attached hydrogens (tertiary/aromatic N) is 4. The second-order valence-corrected chi connectivity index (χ2v) is 4.31. The summed E-state index contributed by atoms with van der Waals surface area (Å²) >= 11 is 11.6. The molecule has 100 valence electrons. The van der Waals surface area contributed by atoms with Gasteiger partial charge in [0, 0.05) is 0 Å². The molecule has 0 aliphatic carbocycles. The molecule has 0 fully saturated rings. The maximum absolute atomic E-state index is 10.9. The van der Waals surface area contributed by atoms with Gasteiger partial charge in [-0.15, -0.1) is 0 Å². The molecule has 1 aromatic carbocycles. The van der Waals surface area contributed by atoms with Crippen LogP contribution in [-0.2, 0) is 0 Å². The van der Waals surface area contributed by atoms with Crippen molar-refractivity contribution in [1.29, 1.82) is 5.26 Å². The lowest BCUT2D eigenvalue weighted by molar-refractivity contribution is -0.384. The van der Waals surface area contributed by atoms with Gasteiger partial charge in [0.15, 0.2) is 0 Å². The van der Waals surface area contributed by atoms with Crippen LogP contribution in [0.25, 0.3) is 0 Å². The van der Waals surface area contributed by atoms with Crippen LogP contribution in [0.2, 0.25) is 10.3 Å². The minimum absolute atomic E-state index is 0.0818. The van der Waals surface area contributed by atoms with E-state index in [4.69, 9.17) is 28.5 Å². The SMILES string of the molecule is N#Cc1ccc(Nc2nc(Cl)ncc2[N+](=O)[O-])c(Cl)c1. The van der Waals surface area contributed by atoms with E-state index in [1.165, 1.54) is 18.2 Å². The fourth-order valence-corrected chi connectivity index (χ4v) is 1.75. The van der Waals surface area contributed by atoms with Crippen LogP contribution in [0.1, 0.15) is 5.56 Å². The van der Waals surface area contributed by atoms with Crippen LogP contribution in [0.3, 0.4) is 0 Å². The van der Waals surface area contributed by atoms with Crippen molar-refractivity contribution in [3.05, 3.63) is 50.4 Å². The van der Waals surface area contributed by atoms with E-state index in [1.807, 2.05) is 6.07 Å². The number of anilines is 2. The Morgan fingerprint density at radius 3 is 2.75 bits per heavy atom. The summed E-state index contributed by atoms with van der Waals surface area (Å²) in [6.45, 7) is 0. The molecule has 9 heteroatoms. The van der Waals surface area contributed by atoms with Crippen molar-refractivity contribution in [3.63, 3.8) is 0 Å². The molecular weight excluding hydrogens is 305 g/mol. The summed E-state index contributed by atoms with van der Waals surface area (Å²) < 4.78 is 0. The van der Waals surface area contributed by atoms with Crippen LogP contribution >= 0.6 is 23.2 Å². The largest absolute Gasteiger partial charge is 0.333 e. The quantitative estimate of drug-likeness (QED) is 0.530. The second-order valence-electron chi connectivity index (χ2n) is 3.56. The number of rotatable bonds is 3. The molecule has 0 aliphatic rings. The molecule has 0 unspecified atom stereocenters. The van der Waals surface area contributed by atoms with Crippen LogP contribution in [-0.4, -0.2) is 14.9 Å². The Hall–Kier alpha value is -2.43. The van der Waals surface area contributed by atoms with Crippen LogP contribution < -0.4 is 5.32 Å². The van der Waals surface area contributed by atoms with E-state index in [2.05, 4.69) is 15.3 Å². The summed E-state index contributed by atoms with van der Waals surface area (Å²) in [5, 5.41) is 22.4. The van der Waals surface area contributed by atoms with Gasteiger partial charge in [-0.25, -0.2) is 4.98 Å². The third kappa shape index (κ3) is 2.93. The highest BCUT2D eigenvalue weighted by Crippen LogP contribution is 2.30. The molecule has 2 rings (SSSR count). The number of benzene rings is 1. The Bertz CT molecular complexity index is 729. The average molecular weight is 310 g/mol. The van der Waals surface area contributed by atoms with Gasteiger partial charge in [0.25, 0.3) is 0 Å². The maximum atomic E-state index is 10.9. The molecule has 0 aliphatic heterocycles. The van der Waals surface area contributed by atoms with Crippen LogP contribution in [0.5, 0.6) is 0 Å². The average Bonchev–Trinajstić information content (AvgIpc) is 2.40. The Labute approximate surface area is 122 Å². The first-order chi connectivity index (χ1) is 9.51. The lowest BCUT2D eigenvalue weighted by Crippen LogP contribution is -2.01. The van der Waals surface area contributed by atoms with Gasteiger partial charge in [-0.2, -0.15) is 10.2 Å². The summed E-state index contributed by atoms with van der Waals surface area (Å²) in [5.41, 5.74) is 0.397. The van der Waals surface area contributed by atoms with E-state index in [-0.39, 0.29) is 21.8 Å². The van der Waals surface area contributed by atoms with Gasteiger partial charge in [0.1, 0.15) is 6.20 Å². The highest BCUT2D eigenvalue weighted by molar-refractivity contribution is 6.33.